The molecule has 1 heterocycles. The van der Waals surface area contributed by atoms with Crippen molar-refractivity contribution in [1.29, 1.82) is 0 Å². The van der Waals surface area contributed by atoms with Crippen LogP contribution < -0.4 is 9.47 Å². The maximum absolute atomic E-state index is 12.6. The van der Waals surface area contributed by atoms with Crippen molar-refractivity contribution in [3.63, 3.8) is 0 Å². The van der Waals surface area contributed by atoms with Gasteiger partial charge in [-0.05, 0) is 43.7 Å². The maximum atomic E-state index is 12.6. The summed E-state index contributed by atoms with van der Waals surface area (Å²) in [6, 6.07) is 13.1. The summed E-state index contributed by atoms with van der Waals surface area (Å²) < 4.78 is 11.9. The number of thiocarbonyl (C=S) groups is 1. The maximum Gasteiger partial charge on any atom is 0.266 e. The Morgan fingerprint density at radius 2 is 1.96 bits per heavy atom. The number of methoxy groups -OCH3 is 1. The van der Waals surface area contributed by atoms with E-state index in [4.69, 9.17) is 33.3 Å². The van der Waals surface area contributed by atoms with Gasteiger partial charge in [-0.15, -0.1) is 0 Å². The zero-order valence-corrected chi connectivity index (χ0v) is 18.2. The molecule has 146 valence electrons. The van der Waals surface area contributed by atoms with Gasteiger partial charge in [0.15, 0.2) is 11.5 Å². The lowest BCUT2D eigenvalue weighted by atomic mass is 10.1. The number of benzene rings is 2. The molecule has 0 saturated carbocycles. The molecule has 1 saturated heterocycles. The van der Waals surface area contributed by atoms with E-state index in [0.717, 1.165) is 11.1 Å². The van der Waals surface area contributed by atoms with Gasteiger partial charge in [0.1, 0.15) is 10.9 Å². The van der Waals surface area contributed by atoms with Crippen molar-refractivity contribution in [3.05, 3.63) is 63.5 Å². The first kappa shape index (κ1) is 20.7. The number of ether oxygens (including phenoxy) is 2. The normalized spacial score (nSPS) is 15.6. The lowest BCUT2D eigenvalue weighted by Crippen LogP contribution is -2.34. The van der Waals surface area contributed by atoms with Crippen LogP contribution in [0.3, 0.4) is 0 Å². The largest absolute Gasteiger partial charge is 0.493 e. The van der Waals surface area contributed by atoms with Gasteiger partial charge in [-0.3, -0.25) is 9.69 Å². The average Bonchev–Trinajstić information content (AvgIpc) is 2.95. The Morgan fingerprint density at radius 3 is 2.61 bits per heavy atom. The number of rotatable bonds is 6. The highest BCUT2D eigenvalue weighted by Crippen LogP contribution is 2.36. The van der Waals surface area contributed by atoms with Gasteiger partial charge >= 0.3 is 0 Å². The summed E-state index contributed by atoms with van der Waals surface area (Å²) in [5.74, 6) is 1.12. The molecular formula is C21H20ClNO3S2. The predicted molar refractivity (Wildman–Crippen MR) is 119 cm³/mol. The van der Waals surface area contributed by atoms with Crippen LogP contribution in [0.25, 0.3) is 6.08 Å². The summed E-state index contributed by atoms with van der Waals surface area (Å²) in [4.78, 5) is 14.8. The SMILES string of the molecule is COc1cc(/C=C2\SC(=S)N(C(C)C)C2=O)ccc1OCc1ccccc1Cl. The molecule has 1 fully saturated rings. The van der Waals surface area contributed by atoms with Gasteiger partial charge in [0, 0.05) is 16.6 Å². The van der Waals surface area contributed by atoms with Crippen LogP contribution >= 0.6 is 35.6 Å². The van der Waals surface area contributed by atoms with E-state index in [1.165, 1.54) is 11.8 Å². The van der Waals surface area contributed by atoms with Crippen LogP contribution in [-0.4, -0.2) is 28.3 Å². The number of hydrogen-bond donors (Lipinski definition) is 0. The van der Waals surface area contributed by atoms with Gasteiger partial charge in [0.2, 0.25) is 0 Å². The van der Waals surface area contributed by atoms with Crippen LogP contribution in [0.2, 0.25) is 5.02 Å². The summed E-state index contributed by atoms with van der Waals surface area (Å²) >= 11 is 12.8. The van der Waals surface area contributed by atoms with Crippen LogP contribution in [0.15, 0.2) is 47.4 Å². The topological polar surface area (TPSA) is 38.8 Å². The van der Waals surface area contributed by atoms with Crippen molar-refractivity contribution >= 4 is 51.9 Å². The summed E-state index contributed by atoms with van der Waals surface area (Å²) in [6.45, 7) is 4.23. The fourth-order valence-electron chi connectivity index (χ4n) is 2.74. The number of amides is 1. The summed E-state index contributed by atoms with van der Waals surface area (Å²) in [5.41, 5.74) is 1.74. The van der Waals surface area contributed by atoms with Crippen LogP contribution in [0.5, 0.6) is 11.5 Å². The molecule has 0 aromatic heterocycles. The molecule has 0 radical (unpaired) electrons. The first-order valence-electron chi connectivity index (χ1n) is 8.72. The van der Waals surface area contributed by atoms with Crippen LogP contribution in [0, 0.1) is 0 Å². The molecule has 0 N–H and O–H groups in total. The minimum absolute atomic E-state index is 0.0357. The Bertz CT molecular complexity index is 943. The Morgan fingerprint density at radius 1 is 1.21 bits per heavy atom. The molecular weight excluding hydrogens is 414 g/mol. The Hall–Kier alpha value is -2.02. The van der Waals surface area contributed by atoms with Gasteiger partial charge < -0.3 is 9.47 Å². The molecule has 0 bridgehead atoms. The van der Waals surface area contributed by atoms with E-state index >= 15 is 0 Å². The van der Waals surface area contributed by atoms with E-state index < -0.39 is 0 Å². The molecule has 1 aliphatic rings. The third-order valence-corrected chi connectivity index (χ3v) is 5.87. The molecule has 4 nitrogen and oxygen atoms in total. The van der Waals surface area contributed by atoms with E-state index in [0.29, 0.717) is 32.4 Å². The molecule has 2 aromatic carbocycles. The van der Waals surface area contributed by atoms with E-state index in [2.05, 4.69) is 0 Å². The highest BCUT2D eigenvalue weighted by molar-refractivity contribution is 8.26. The van der Waals surface area contributed by atoms with E-state index in [-0.39, 0.29) is 11.9 Å². The molecule has 2 aromatic rings. The summed E-state index contributed by atoms with van der Waals surface area (Å²) in [5, 5.41) is 0.658. The molecule has 1 aliphatic heterocycles. The van der Waals surface area contributed by atoms with E-state index in [1.807, 2.05) is 62.4 Å². The Kier molecular flexibility index (Phi) is 6.65. The summed E-state index contributed by atoms with van der Waals surface area (Å²) in [6.07, 6.45) is 1.82. The van der Waals surface area contributed by atoms with Crippen molar-refractivity contribution in [2.75, 3.05) is 7.11 Å². The molecule has 3 rings (SSSR count). The van der Waals surface area contributed by atoms with Crippen LogP contribution in [-0.2, 0) is 11.4 Å². The van der Waals surface area contributed by atoms with E-state index in [9.17, 15) is 4.79 Å². The van der Waals surface area contributed by atoms with Crippen molar-refractivity contribution in [1.82, 2.24) is 4.90 Å². The van der Waals surface area contributed by atoms with Gasteiger partial charge in [-0.2, -0.15) is 0 Å². The predicted octanol–water partition coefficient (Wildman–Crippen LogP) is 5.54. The Labute approximate surface area is 179 Å². The van der Waals surface area contributed by atoms with Crippen molar-refractivity contribution in [2.24, 2.45) is 0 Å². The number of carbonyl (C=O) groups excluding carboxylic acids is 1. The first-order chi connectivity index (χ1) is 13.4. The third kappa shape index (κ3) is 4.51. The second-order valence-corrected chi connectivity index (χ2v) is 8.52. The number of halogens is 1. The fraction of sp³-hybridized carbons (Fsp3) is 0.238. The number of carbonyl (C=O) groups is 1. The molecule has 0 spiro atoms. The Balaban J connectivity index is 1.79. The molecule has 0 atom stereocenters. The highest BCUT2D eigenvalue weighted by Gasteiger charge is 2.33. The monoisotopic (exact) mass is 433 g/mol. The fourth-order valence-corrected chi connectivity index (χ4v) is 4.45. The van der Waals surface area contributed by atoms with Crippen LogP contribution in [0.1, 0.15) is 25.0 Å². The molecule has 1 amide bonds. The molecule has 0 unspecified atom stereocenters. The minimum atomic E-state index is -0.0667. The molecule has 28 heavy (non-hydrogen) atoms. The van der Waals surface area contributed by atoms with Gasteiger partial charge in [-0.1, -0.05) is 59.8 Å². The van der Waals surface area contributed by atoms with Crippen molar-refractivity contribution in [3.8, 4) is 11.5 Å². The minimum Gasteiger partial charge on any atom is -0.493 e. The number of nitrogens with zero attached hydrogens (tertiary/aromatic N) is 1. The highest BCUT2D eigenvalue weighted by atomic mass is 35.5. The van der Waals surface area contributed by atoms with E-state index in [1.54, 1.807) is 12.0 Å². The van der Waals surface area contributed by atoms with Gasteiger partial charge in [0.25, 0.3) is 5.91 Å². The van der Waals surface area contributed by atoms with Gasteiger partial charge in [-0.25, -0.2) is 0 Å². The average molecular weight is 434 g/mol. The zero-order chi connectivity index (χ0) is 20.3. The van der Waals surface area contributed by atoms with Crippen LogP contribution in [0.4, 0.5) is 0 Å². The second kappa shape index (κ2) is 8.99. The lowest BCUT2D eigenvalue weighted by molar-refractivity contribution is -0.123. The smallest absolute Gasteiger partial charge is 0.266 e. The second-order valence-electron chi connectivity index (χ2n) is 6.44. The lowest BCUT2D eigenvalue weighted by Gasteiger charge is -2.18. The van der Waals surface area contributed by atoms with Gasteiger partial charge in [0.05, 0.1) is 12.0 Å². The standard InChI is InChI=1S/C21H20ClNO3S2/c1-13(2)23-20(24)19(28-21(23)27)11-14-8-9-17(18(10-14)25-3)26-12-15-6-4-5-7-16(15)22/h4-11,13H,12H2,1-3H3/b19-11-. The first-order valence-corrected chi connectivity index (χ1v) is 10.3. The zero-order valence-electron chi connectivity index (χ0n) is 15.8. The molecule has 7 heteroatoms. The third-order valence-electron chi connectivity index (χ3n) is 4.17. The van der Waals surface area contributed by atoms with Crippen molar-refractivity contribution < 1.29 is 14.3 Å². The summed E-state index contributed by atoms with van der Waals surface area (Å²) in [7, 11) is 1.58. The van der Waals surface area contributed by atoms with Crippen molar-refractivity contribution in [2.45, 2.75) is 26.5 Å². The quantitative estimate of drug-likeness (QED) is 0.442. The number of hydrogen-bond acceptors (Lipinski definition) is 5. The molecule has 0 aliphatic carbocycles. The number of thioether (sulfide) groups is 1.